The van der Waals surface area contributed by atoms with Crippen LogP contribution in [0.1, 0.15) is 70.9 Å². The van der Waals surface area contributed by atoms with E-state index in [1.807, 2.05) is 13.8 Å². The SMILES string of the molecule is CC(C)C(=O)OC[C@@H]1C[N-][C@@H]2CCCC[C@H]2[N-]CC[N-][C@@H]2CCCC[C@H]2[N-]CC[N-]1.[Cl][Mn][Cl].[HH].[HH].[HH].[HH]. The van der Waals surface area contributed by atoms with Gasteiger partial charge in [-0.1, -0.05) is 65.2 Å². The molecule has 203 valence electrons. The number of hydrogen-bond acceptors (Lipinski definition) is 2. The largest absolute Gasteiger partial charge is 0 e. The van der Waals surface area contributed by atoms with Crippen LogP contribution in [0.25, 0.3) is 26.6 Å². The monoisotopic (exact) mass is 551 g/mol. The molecule has 3 rings (SSSR count). The van der Waals surface area contributed by atoms with Gasteiger partial charge in [0.2, 0.25) is 0 Å². The van der Waals surface area contributed by atoms with Crippen molar-refractivity contribution in [3.8, 4) is 0 Å². The summed E-state index contributed by atoms with van der Waals surface area (Å²) in [5, 5.41) is 24.7. The van der Waals surface area contributed by atoms with Gasteiger partial charge in [0.1, 0.15) is 0 Å². The van der Waals surface area contributed by atoms with Crippen LogP contribution in [0, 0.1) is 5.92 Å². The summed E-state index contributed by atoms with van der Waals surface area (Å²) in [6, 6.07) is 1.19. The van der Waals surface area contributed by atoms with Crippen LogP contribution < -0.4 is 0 Å². The van der Waals surface area contributed by atoms with Crippen molar-refractivity contribution in [2.24, 2.45) is 5.92 Å². The summed E-state index contributed by atoms with van der Waals surface area (Å²) in [6.07, 6.45) is 9.48. The van der Waals surface area contributed by atoms with Gasteiger partial charge < -0.3 is 31.3 Å². The Balaban J connectivity index is -0.00000157. The van der Waals surface area contributed by atoms with Crippen LogP contribution >= 0.6 is 20.2 Å². The molecule has 10 heteroatoms. The second kappa shape index (κ2) is 17.7. The summed E-state index contributed by atoms with van der Waals surface area (Å²) in [6.45, 7) is 7.66. The van der Waals surface area contributed by atoms with Gasteiger partial charge in [0.25, 0.3) is 0 Å². The minimum atomic E-state index is -0.164. The van der Waals surface area contributed by atoms with Crippen LogP contribution in [-0.4, -0.2) is 75.5 Å². The normalized spacial score (nSPS) is 32.2. The number of carbonyl (C=O) groups excluding carboxylic acids is 1. The Kier molecular flexibility index (Phi) is 15.9. The predicted octanol–water partition coefficient (Wildman–Crippen LogP) is 7.42. The zero-order valence-corrected chi connectivity index (χ0v) is 22.7. The van der Waals surface area contributed by atoms with Gasteiger partial charge in [0, 0.05) is 5.71 Å². The maximum atomic E-state index is 11.9. The Labute approximate surface area is 221 Å². The van der Waals surface area contributed by atoms with Gasteiger partial charge in [-0.25, -0.2) is 0 Å². The first-order chi connectivity index (χ1) is 16.0. The number of rotatable bonds is 3. The average Bonchev–Trinajstić information content (AvgIpc) is 2.82. The summed E-state index contributed by atoms with van der Waals surface area (Å²) < 4.78 is 5.49. The number of nitrogens with zero attached hydrogens (tertiary/aromatic N) is 5. The Bertz CT molecular complexity index is 553. The molecule has 0 N–H and O–H groups in total. The predicted molar refractivity (Wildman–Crippen MR) is 143 cm³/mol. The van der Waals surface area contributed by atoms with Crippen molar-refractivity contribution < 1.29 is 28.4 Å². The number of fused-ring (bicyclic) bond motifs is 2. The third-order valence-corrected chi connectivity index (χ3v) is 6.51. The topological polar surface area (TPSA) is 96.8 Å². The molecule has 0 bridgehead atoms. The summed E-state index contributed by atoms with van der Waals surface area (Å²) in [4.78, 5) is 11.9. The van der Waals surface area contributed by atoms with Gasteiger partial charge in [0.05, 0.1) is 12.5 Å². The molecule has 0 spiro atoms. The van der Waals surface area contributed by atoms with E-state index in [1.165, 1.54) is 25.7 Å². The van der Waals surface area contributed by atoms with Gasteiger partial charge in [0.15, 0.2) is 0 Å². The van der Waals surface area contributed by atoms with Crippen LogP contribution in [0.4, 0.5) is 0 Å². The quantitative estimate of drug-likeness (QED) is 0.269. The fourth-order valence-electron chi connectivity index (χ4n) is 4.71. The molecule has 5 atom stereocenters. The molecule has 2 saturated carbocycles. The van der Waals surface area contributed by atoms with E-state index >= 15 is 0 Å². The molecule has 1 heterocycles. The van der Waals surface area contributed by atoms with E-state index in [0.717, 1.165) is 45.3 Å². The van der Waals surface area contributed by atoms with Crippen molar-refractivity contribution in [1.29, 1.82) is 0 Å². The molecule has 1 aliphatic heterocycles. The molecular weight excluding hydrogens is 504 g/mol. The smallest absolute Gasteiger partial charge is 0 e. The Hall–Kier alpha value is 0.369. The summed E-state index contributed by atoms with van der Waals surface area (Å²) in [7, 11) is 9.59. The van der Waals surface area contributed by atoms with Crippen LogP contribution in [0.15, 0.2) is 0 Å². The minimum absolute atomic E-state index is 0. The van der Waals surface area contributed by atoms with E-state index in [2.05, 4.69) is 0 Å². The summed E-state index contributed by atoms with van der Waals surface area (Å²) in [5.74, 6) is -0.282. The van der Waals surface area contributed by atoms with Crippen molar-refractivity contribution >= 4 is 26.2 Å². The first-order valence-electron chi connectivity index (χ1n) is 12.4. The molecule has 0 aromatic heterocycles. The minimum Gasteiger partial charge on any atom is 0 e. The number of hydrogen-bond donors (Lipinski definition) is 0. The van der Waals surface area contributed by atoms with Crippen molar-refractivity contribution in [3.05, 3.63) is 26.6 Å². The maximum absolute atomic E-state index is 11.9. The second-order valence-electron chi connectivity index (χ2n) is 9.32. The average molecular weight is 553 g/mol. The van der Waals surface area contributed by atoms with Crippen LogP contribution in [0.2, 0.25) is 0 Å². The first-order valence-corrected chi connectivity index (χ1v) is 15.7. The first kappa shape index (κ1) is 29.6. The van der Waals surface area contributed by atoms with E-state index in [0.29, 0.717) is 37.8 Å². The molecule has 0 aromatic rings. The van der Waals surface area contributed by atoms with Crippen molar-refractivity contribution in [1.82, 2.24) is 0 Å². The van der Waals surface area contributed by atoms with Gasteiger partial charge >= 0.3 is 39.3 Å². The van der Waals surface area contributed by atoms with Crippen molar-refractivity contribution in [3.63, 3.8) is 0 Å². The molecule has 3 aliphatic rings. The third-order valence-electron chi connectivity index (χ3n) is 6.51. The zero-order chi connectivity index (χ0) is 23.9. The fourth-order valence-corrected chi connectivity index (χ4v) is 4.71. The molecule has 0 amide bonds. The van der Waals surface area contributed by atoms with Crippen molar-refractivity contribution in [2.45, 2.75) is 95.4 Å². The molecule has 0 unspecified atom stereocenters. The van der Waals surface area contributed by atoms with Gasteiger partial charge in [-0.15, -0.1) is 6.04 Å². The zero-order valence-electron chi connectivity index (χ0n) is 20.1. The van der Waals surface area contributed by atoms with Crippen LogP contribution in [-0.2, 0) is 22.7 Å². The fraction of sp³-hybridized carbons (Fsp3) is 0.957. The summed E-state index contributed by atoms with van der Waals surface area (Å²) in [5.41, 5.74) is 0. The van der Waals surface area contributed by atoms with E-state index in [1.54, 1.807) is 0 Å². The van der Waals surface area contributed by atoms with Gasteiger partial charge in [-0.2, -0.15) is 56.9 Å². The molecule has 3 fully saturated rings. The molecule has 2 aliphatic carbocycles. The molecule has 0 aromatic carbocycles. The number of ether oxygens (including phenoxy) is 1. The Morgan fingerprint density at radius 3 is 1.64 bits per heavy atom. The van der Waals surface area contributed by atoms with Gasteiger partial charge in [-0.05, 0) is 0 Å². The van der Waals surface area contributed by atoms with E-state index in [4.69, 9.17) is 51.5 Å². The maximum Gasteiger partial charge on any atom is 0 e. The van der Waals surface area contributed by atoms with E-state index in [-0.39, 0.29) is 42.8 Å². The molecular formula is C23H48Cl2MnN5O2-5. The van der Waals surface area contributed by atoms with E-state index in [9.17, 15) is 4.79 Å². The second-order valence-corrected chi connectivity index (χ2v) is 11.3. The Morgan fingerprint density at radius 1 is 0.818 bits per heavy atom. The van der Waals surface area contributed by atoms with Crippen LogP contribution in [0.3, 0.4) is 0 Å². The van der Waals surface area contributed by atoms with E-state index < -0.39 is 0 Å². The molecule has 33 heavy (non-hydrogen) atoms. The summed E-state index contributed by atoms with van der Waals surface area (Å²) >= 11 is 0.00694. The van der Waals surface area contributed by atoms with Gasteiger partial charge in [-0.3, -0.25) is 4.79 Å². The molecule has 0 radical (unpaired) electrons. The number of esters is 1. The molecule has 1 saturated heterocycles. The number of carbonyl (C=O) groups is 1. The Morgan fingerprint density at radius 2 is 1.21 bits per heavy atom. The van der Waals surface area contributed by atoms with Crippen LogP contribution in [0.5, 0.6) is 0 Å². The molecule has 7 nitrogen and oxygen atoms in total. The number of halogens is 2. The van der Waals surface area contributed by atoms with Crippen molar-refractivity contribution in [2.75, 3.05) is 39.3 Å². The standard InChI is InChI=1S/C23H40N5O2.2ClH.Mn.4H2/c1-17(2)23(29)30-16-18-15-28-22-10-6-5-9-21(22)27-14-13-26-20-8-4-3-7-19(20)25-12-11-24-18;;;;;;;/h17-22H,3-16H2,1-2H3;2*1H;;4*1H/q-5;;;+2;;;;/p-2/t18-,19+,20+,21+,22+;;;;;;;/m0......./s1. The third kappa shape index (κ3) is 11.8.